The maximum absolute atomic E-state index is 12.4. The third-order valence-corrected chi connectivity index (χ3v) is 5.11. The molecule has 1 N–H and O–H groups in total. The first kappa shape index (κ1) is 17.3. The normalized spacial score (nSPS) is 21.9. The third kappa shape index (κ3) is 3.82. The molecule has 1 aromatic carbocycles. The highest BCUT2D eigenvalue weighted by atomic mass is 32.2. The van der Waals surface area contributed by atoms with Crippen molar-refractivity contribution in [2.45, 2.75) is 30.4 Å². The Morgan fingerprint density at radius 2 is 2.00 bits per heavy atom. The van der Waals surface area contributed by atoms with Gasteiger partial charge in [0, 0.05) is 30.1 Å². The Morgan fingerprint density at radius 3 is 2.48 bits per heavy atom. The van der Waals surface area contributed by atoms with Crippen LogP contribution in [0.4, 0.5) is 5.69 Å². The molecule has 1 aliphatic rings. The average Bonchev–Trinajstić information content (AvgIpc) is 2.91. The molecular weight excluding hydrogens is 320 g/mol. The first-order chi connectivity index (χ1) is 10.7. The number of nitrogens with zero attached hydrogens (tertiary/aromatic N) is 2. The summed E-state index contributed by atoms with van der Waals surface area (Å²) in [6.07, 6.45) is 0.447. The van der Waals surface area contributed by atoms with E-state index < -0.39 is 16.3 Å². The highest BCUT2D eigenvalue weighted by Crippen LogP contribution is 2.33. The molecule has 2 atom stereocenters. The minimum absolute atomic E-state index is 0.00472. The lowest BCUT2D eigenvalue weighted by molar-refractivity contribution is -0.384. The largest absolute Gasteiger partial charge is 0.481 e. The monoisotopic (exact) mass is 338 g/mol. The molecule has 124 valence electrons. The third-order valence-electron chi connectivity index (χ3n) is 4.01. The summed E-state index contributed by atoms with van der Waals surface area (Å²) in [5, 5.41) is 19.5. The molecule has 2 unspecified atom stereocenters. The number of aliphatic carboxylic acids is 1. The van der Waals surface area contributed by atoms with Gasteiger partial charge in [0.2, 0.25) is 5.91 Å². The van der Waals surface area contributed by atoms with Crippen LogP contribution in [-0.4, -0.2) is 45.1 Å². The molecule has 7 nitrogen and oxygen atoms in total. The molecule has 0 spiro atoms. The fourth-order valence-electron chi connectivity index (χ4n) is 2.48. The minimum Gasteiger partial charge on any atom is -0.481 e. The van der Waals surface area contributed by atoms with Gasteiger partial charge in [-0.15, -0.1) is 11.8 Å². The van der Waals surface area contributed by atoms with Crippen LogP contribution in [0.2, 0.25) is 0 Å². The minimum atomic E-state index is -0.886. The van der Waals surface area contributed by atoms with Crippen LogP contribution in [-0.2, 0) is 9.59 Å². The van der Waals surface area contributed by atoms with Gasteiger partial charge < -0.3 is 10.0 Å². The van der Waals surface area contributed by atoms with Crippen LogP contribution >= 0.6 is 11.8 Å². The van der Waals surface area contributed by atoms with Crippen LogP contribution in [0.25, 0.3) is 0 Å². The maximum atomic E-state index is 12.4. The summed E-state index contributed by atoms with van der Waals surface area (Å²) in [6.45, 7) is 4.06. The summed E-state index contributed by atoms with van der Waals surface area (Å²) < 4.78 is 0. The summed E-state index contributed by atoms with van der Waals surface area (Å²) >= 11 is 1.31. The number of hydrogen-bond acceptors (Lipinski definition) is 5. The molecule has 23 heavy (non-hydrogen) atoms. The molecule has 0 bridgehead atoms. The summed E-state index contributed by atoms with van der Waals surface area (Å²) in [4.78, 5) is 36.2. The molecule has 1 saturated heterocycles. The summed E-state index contributed by atoms with van der Waals surface area (Å²) in [5.74, 6) is -0.998. The topological polar surface area (TPSA) is 101 Å². The number of carbonyl (C=O) groups excluding carboxylic acids is 1. The summed E-state index contributed by atoms with van der Waals surface area (Å²) in [7, 11) is 0. The Morgan fingerprint density at radius 1 is 1.39 bits per heavy atom. The second kappa shape index (κ2) is 6.57. The lowest BCUT2D eigenvalue weighted by Crippen LogP contribution is -2.38. The van der Waals surface area contributed by atoms with Gasteiger partial charge in [-0.25, -0.2) is 0 Å². The van der Waals surface area contributed by atoms with Gasteiger partial charge in [0.05, 0.1) is 15.6 Å². The molecule has 0 saturated carbocycles. The highest BCUT2D eigenvalue weighted by Gasteiger charge is 2.42. The summed E-state index contributed by atoms with van der Waals surface area (Å²) in [6, 6.07) is 6.02. The number of nitro groups is 1. The summed E-state index contributed by atoms with van der Waals surface area (Å²) in [5.41, 5.74) is -0.877. The van der Waals surface area contributed by atoms with E-state index in [1.165, 1.54) is 23.9 Å². The Hall–Kier alpha value is -2.09. The first-order valence-corrected chi connectivity index (χ1v) is 8.04. The second-order valence-electron chi connectivity index (χ2n) is 5.89. The molecule has 0 aromatic heterocycles. The van der Waals surface area contributed by atoms with Gasteiger partial charge in [0.25, 0.3) is 5.69 Å². The van der Waals surface area contributed by atoms with E-state index in [9.17, 15) is 24.8 Å². The van der Waals surface area contributed by atoms with E-state index in [1.807, 2.05) is 0 Å². The van der Waals surface area contributed by atoms with E-state index in [-0.39, 0.29) is 23.4 Å². The number of carboxylic acids is 1. The van der Waals surface area contributed by atoms with Gasteiger partial charge >= 0.3 is 5.97 Å². The van der Waals surface area contributed by atoms with E-state index in [4.69, 9.17) is 0 Å². The molecular formula is C15H18N2O5S. The molecule has 0 aliphatic carbocycles. The average molecular weight is 338 g/mol. The lowest BCUT2D eigenvalue weighted by Gasteiger charge is -2.22. The van der Waals surface area contributed by atoms with E-state index >= 15 is 0 Å². The number of benzene rings is 1. The zero-order valence-corrected chi connectivity index (χ0v) is 13.7. The number of thioether (sulfide) groups is 1. The predicted octanol–water partition coefficient (Wildman–Crippen LogP) is 2.40. The van der Waals surface area contributed by atoms with E-state index in [1.54, 1.807) is 30.9 Å². The standard InChI is InChI=1S/C15H18N2O5S/c1-10(23-12-5-3-11(4-6-12)17(21)22)13(18)16-8-7-15(2,9-16)14(19)20/h3-6,10H,7-9H2,1-2H3,(H,19,20). The molecule has 1 fully saturated rings. The second-order valence-corrected chi connectivity index (χ2v) is 7.30. The Kier molecular flexibility index (Phi) is 4.93. The van der Waals surface area contributed by atoms with Crippen molar-refractivity contribution in [3.05, 3.63) is 34.4 Å². The van der Waals surface area contributed by atoms with E-state index in [0.29, 0.717) is 13.0 Å². The smallest absolute Gasteiger partial charge is 0.311 e. The zero-order chi connectivity index (χ0) is 17.2. The molecule has 1 heterocycles. The number of hydrogen-bond donors (Lipinski definition) is 1. The zero-order valence-electron chi connectivity index (χ0n) is 12.9. The van der Waals surface area contributed by atoms with Gasteiger partial charge in [-0.2, -0.15) is 0 Å². The van der Waals surface area contributed by atoms with Crippen molar-refractivity contribution in [3.63, 3.8) is 0 Å². The highest BCUT2D eigenvalue weighted by molar-refractivity contribution is 8.00. The quantitative estimate of drug-likeness (QED) is 0.502. The number of non-ortho nitro benzene ring substituents is 1. The van der Waals surface area contributed by atoms with E-state index in [0.717, 1.165) is 4.90 Å². The number of carbonyl (C=O) groups is 2. The van der Waals surface area contributed by atoms with Gasteiger partial charge in [-0.05, 0) is 32.4 Å². The van der Waals surface area contributed by atoms with Crippen LogP contribution in [0.1, 0.15) is 20.3 Å². The van der Waals surface area contributed by atoms with Gasteiger partial charge in [0.1, 0.15) is 0 Å². The maximum Gasteiger partial charge on any atom is 0.311 e. The van der Waals surface area contributed by atoms with E-state index in [2.05, 4.69) is 0 Å². The Labute approximate surface area is 137 Å². The van der Waals surface area contributed by atoms with Crippen molar-refractivity contribution < 1.29 is 19.6 Å². The number of likely N-dealkylation sites (tertiary alicyclic amines) is 1. The Balaban J connectivity index is 1.98. The number of rotatable bonds is 5. The first-order valence-electron chi connectivity index (χ1n) is 7.16. The number of carboxylic acid groups (broad SMARTS) is 1. The fraction of sp³-hybridized carbons (Fsp3) is 0.467. The molecule has 1 amide bonds. The molecule has 1 aliphatic heterocycles. The van der Waals surface area contributed by atoms with Crippen molar-refractivity contribution in [3.8, 4) is 0 Å². The van der Waals surface area contributed by atoms with Crippen LogP contribution in [0.3, 0.4) is 0 Å². The Bertz CT molecular complexity index is 633. The van der Waals surface area contributed by atoms with Crippen LogP contribution in [0, 0.1) is 15.5 Å². The van der Waals surface area contributed by atoms with Crippen molar-refractivity contribution >= 4 is 29.3 Å². The fourth-order valence-corrected chi connectivity index (χ4v) is 3.43. The van der Waals surface area contributed by atoms with Gasteiger partial charge in [0.15, 0.2) is 0 Å². The SMILES string of the molecule is CC(Sc1ccc([N+](=O)[O-])cc1)C(=O)N1CCC(C)(C(=O)O)C1. The van der Waals surface area contributed by atoms with Crippen molar-refractivity contribution in [1.82, 2.24) is 4.90 Å². The van der Waals surface area contributed by atoms with Gasteiger partial charge in [-0.1, -0.05) is 0 Å². The van der Waals surface area contributed by atoms with Crippen LogP contribution < -0.4 is 0 Å². The van der Waals surface area contributed by atoms with Crippen LogP contribution in [0.5, 0.6) is 0 Å². The molecule has 0 radical (unpaired) electrons. The number of nitro benzene ring substituents is 1. The van der Waals surface area contributed by atoms with Crippen molar-refractivity contribution in [2.24, 2.45) is 5.41 Å². The van der Waals surface area contributed by atoms with Gasteiger partial charge in [-0.3, -0.25) is 19.7 Å². The van der Waals surface area contributed by atoms with Crippen molar-refractivity contribution in [1.29, 1.82) is 0 Å². The number of amides is 1. The molecule has 2 rings (SSSR count). The van der Waals surface area contributed by atoms with Crippen molar-refractivity contribution in [2.75, 3.05) is 13.1 Å². The molecule has 8 heteroatoms. The van der Waals surface area contributed by atoms with Crippen LogP contribution in [0.15, 0.2) is 29.2 Å². The predicted molar refractivity (Wildman–Crippen MR) is 85.4 cm³/mol. The lowest BCUT2D eigenvalue weighted by atomic mass is 9.90. The molecule has 1 aromatic rings.